The van der Waals surface area contributed by atoms with Gasteiger partial charge in [0.25, 0.3) is 5.91 Å². The standard InChI is InChI=1S/C21H25N3O3/c1-13(2)26-16-9-7-15(8-10-16)23-21(25)17-12-22-24-20(17)19-11-14-5-3-4-6-18(14)27-19/h3-6,11-13,15-16H,7-10H2,1-2H3,(H,22,24)(H,23,25). The van der Waals surface area contributed by atoms with Crippen LogP contribution in [0.3, 0.4) is 0 Å². The second-order valence-electron chi connectivity index (χ2n) is 7.44. The van der Waals surface area contributed by atoms with Gasteiger partial charge in [0, 0.05) is 11.4 Å². The third-order valence-electron chi connectivity index (χ3n) is 5.03. The molecule has 0 atom stereocenters. The van der Waals surface area contributed by atoms with E-state index in [1.807, 2.05) is 30.3 Å². The van der Waals surface area contributed by atoms with E-state index in [0.717, 1.165) is 36.7 Å². The van der Waals surface area contributed by atoms with Crippen LogP contribution in [0.15, 0.2) is 40.9 Å². The second kappa shape index (κ2) is 7.56. The van der Waals surface area contributed by atoms with E-state index in [1.165, 1.54) is 0 Å². The summed E-state index contributed by atoms with van der Waals surface area (Å²) >= 11 is 0. The molecule has 27 heavy (non-hydrogen) atoms. The lowest BCUT2D eigenvalue weighted by atomic mass is 9.92. The third-order valence-corrected chi connectivity index (χ3v) is 5.03. The van der Waals surface area contributed by atoms with Crippen molar-refractivity contribution in [2.24, 2.45) is 0 Å². The van der Waals surface area contributed by atoms with Gasteiger partial charge in [0.2, 0.25) is 0 Å². The Morgan fingerprint density at radius 2 is 2.04 bits per heavy atom. The van der Waals surface area contributed by atoms with E-state index in [9.17, 15) is 4.79 Å². The summed E-state index contributed by atoms with van der Waals surface area (Å²) in [6.07, 6.45) is 5.93. The summed E-state index contributed by atoms with van der Waals surface area (Å²) in [5.41, 5.74) is 1.91. The Bertz CT molecular complexity index is 887. The monoisotopic (exact) mass is 367 g/mol. The lowest BCUT2D eigenvalue weighted by molar-refractivity contribution is -0.0159. The largest absolute Gasteiger partial charge is 0.454 e. The maximum atomic E-state index is 12.8. The van der Waals surface area contributed by atoms with Gasteiger partial charge in [-0.15, -0.1) is 0 Å². The lowest BCUT2D eigenvalue weighted by Crippen LogP contribution is -2.39. The molecule has 0 radical (unpaired) electrons. The Hall–Kier alpha value is -2.60. The lowest BCUT2D eigenvalue weighted by Gasteiger charge is -2.30. The third kappa shape index (κ3) is 3.90. The number of fused-ring (bicyclic) bond motifs is 1. The second-order valence-corrected chi connectivity index (χ2v) is 7.44. The zero-order valence-corrected chi connectivity index (χ0v) is 15.7. The molecule has 1 aromatic carbocycles. The first kappa shape index (κ1) is 17.8. The highest BCUT2D eigenvalue weighted by Crippen LogP contribution is 2.29. The summed E-state index contributed by atoms with van der Waals surface area (Å²) in [6.45, 7) is 4.12. The maximum Gasteiger partial charge on any atom is 0.255 e. The normalized spacial score (nSPS) is 20.3. The van der Waals surface area contributed by atoms with Crippen LogP contribution < -0.4 is 5.32 Å². The molecule has 142 valence electrons. The number of hydrogen-bond donors (Lipinski definition) is 2. The van der Waals surface area contributed by atoms with E-state index >= 15 is 0 Å². The SMILES string of the molecule is CC(C)OC1CCC(NC(=O)c2cn[nH]c2-c2cc3ccccc3o2)CC1. The molecule has 2 N–H and O–H groups in total. The number of carbonyl (C=O) groups is 1. The van der Waals surface area contributed by atoms with Gasteiger partial charge in [-0.25, -0.2) is 0 Å². The number of amides is 1. The van der Waals surface area contributed by atoms with Crippen LogP contribution in [0, 0.1) is 0 Å². The van der Waals surface area contributed by atoms with Gasteiger partial charge in [0.1, 0.15) is 11.3 Å². The van der Waals surface area contributed by atoms with E-state index in [1.54, 1.807) is 6.20 Å². The van der Waals surface area contributed by atoms with Crippen LogP contribution in [0.4, 0.5) is 0 Å². The number of aromatic nitrogens is 2. The topological polar surface area (TPSA) is 80.1 Å². The quantitative estimate of drug-likeness (QED) is 0.705. The number of benzene rings is 1. The number of furan rings is 1. The first-order chi connectivity index (χ1) is 13.1. The van der Waals surface area contributed by atoms with Crippen molar-refractivity contribution in [1.82, 2.24) is 15.5 Å². The van der Waals surface area contributed by atoms with Gasteiger partial charge >= 0.3 is 0 Å². The average Bonchev–Trinajstić information content (AvgIpc) is 3.29. The van der Waals surface area contributed by atoms with Crippen LogP contribution in [0.5, 0.6) is 0 Å². The Balaban J connectivity index is 1.44. The first-order valence-corrected chi connectivity index (χ1v) is 9.59. The highest BCUT2D eigenvalue weighted by atomic mass is 16.5. The maximum absolute atomic E-state index is 12.8. The number of aromatic amines is 1. The molecule has 1 aliphatic carbocycles. The molecular formula is C21H25N3O3. The van der Waals surface area contributed by atoms with Gasteiger partial charge in [0.15, 0.2) is 5.76 Å². The molecule has 1 saturated carbocycles. The molecule has 0 saturated heterocycles. The minimum atomic E-state index is -0.118. The molecule has 6 heteroatoms. The van der Waals surface area contributed by atoms with Crippen LogP contribution in [0.1, 0.15) is 49.9 Å². The zero-order valence-electron chi connectivity index (χ0n) is 15.7. The summed E-state index contributed by atoms with van der Waals surface area (Å²) in [4.78, 5) is 12.8. The highest BCUT2D eigenvalue weighted by Gasteiger charge is 2.25. The molecule has 0 spiro atoms. The number of rotatable bonds is 5. The minimum absolute atomic E-state index is 0.118. The molecule has 4 rings (SSSR count). The van der Waals surface area contributed by atoms with Crippen LogP contribution in [0.25, 0.3) is 22.4 Å². The number of nitrogens with zero attached hydrogens (tertiary/aromatic N) is 1. The molecule has 0 unspecified atom stereocenters. The van der Waals surface area contributed by atoms with Gasteiger partial charge in [-0.2, -0.15) is 5.10 Å². The smallest absolute Gasteiger partial charge is 0.255 e. The number of carbonyl (C=O) groups excluding carboxylic acids is 1. The number of para-hydroxylation sites is 1. The Labute approximate surface area is 158 Å². The summed E-state index contributed by atoms with van der Waals surface area (Å²) < 4.78 is 11.8. The molecule has 1 fully saturated rings. The predicted octanol–water partition coefficient (Wildman–Crippen LogP) is 4.29. The molecule has 1 amide bonds. The Morgan fingerprint density at radius 1 is 1.26 bits per heavy atom. The fourth-order valence-electron chi connectivity index (χ4n) is 3.74. The predicted molar refractivity (Wildman–Crippen MR) is 104 cm³/mol. The number of H-pyrrole nitrogens is 1. The number of ether oxygens (including phenoxy) is 1. The van der Waals surface area contributed by atoms with Crippen molar-refractivity contribution in [3.8, 4) is 11.5 Å². The Kier molecular flexibility index (Phi) is 4.99. The van der Waals surface area contributed by atoms with Gasteiger partial charge in [0.05, 0.1) is 24.0 Å². The number of nitrogens with one attached hydrogen (secondary N) is 2. The van der Waals surface area contributed by atoms with E-state index in [4.69, 9.17) is 9.15 Å². The molecule has 6 nitrogen and oxygen atoms in total. The summed E-state index contributed by atoms with van der Waals surface area (Å²) in [6, 6.07) is 9.87. The van der Waals surface area contributed by atoms with Crippen molar-refractivity contribution in [1.29, 1.82) is 0 Å². The minimum Gasteiger partial charge on any atom is -0.454 e. The molecule has 0 aliphatic heterocycles. The van der Waals surface area contributed by atoms with Gasteiger partial charge < -0.3 is 14.5 Å². The van der Waals surface area contributed by atoms with Crippen molar-refractivity contribution in [2.75, 3.05) is 0 Å². The van der Waals surface area contributed by atoms with E-state index in [2.05, 4.69) is 29.4 Å². The van der Waals surface area contributed by atoms with Crippen LogP contribution in [0.2, 0.25) is 0 Å². The van der Waals surface area contributed by atoms with Crippen LogP contribution in [-0.2, 0) is 4.74 Å². The Morgan fingerprint density at radius 3 is 2.78 bits per heavy atom. The van der Waals surface area contributed by atoms with Crippen molar-refractivity contribution in [3.05, 3.63) is 42.1 Å². The zero-order chi connectivity index (χ0) is 18.8. The average molecular weight is 367 g/mol. The summed E-state index contributed by atoms with van der Waals surface area (Å²) in [5.74, 6) is 0.500. The molecule has 0 bridgehead atoms. The summed E-state index contributed by atoms with van der Waals surface area (Å²) in [7, 11) is 0. The molecular weight excluding hydrogens is 342 g/mol. The molecule has 3 aromatic rings. The number of hydrogen-bond acceptors (Lipinski definition) is 4. The highest BCUT2D eigenvalue weighted by molar-refractivity contribution is 6.00. The van der Waals surface area contributed by atoms with Gasteiger partial charge in [-0.3, -0.25) is 9.89 Å². The molecule has 2 aromatic heterocycles. The molecule has 2 heterocycles. The molecule has 1 aliphatic rings. The van der Waals surface area contributed by atoms with Gasteiger partial charge in [-0.1, -0.05) is 18.2 Å². The van der Waals surface area contributed by atoms with Gasteiger partial charge in [-0.05, 0) is 51.7 Å². The fraction of sp³-hybridized carbons (Fsp3) is 0.429. The first-order valence-electron chi connectivity index (χ1n) is 9.59. The van der Waals surface area contributed by atoms with E-state index < -0.39 is 0 Å². The van der Waals surface area contributed by atoms with Crippen LogP contribution >= 0.6 is 0 Å². The van der Waals surface area contributed by atoms with Crippen LogP contribution in [-0.4, -0.2) is 34.4 Å². The van der Waals surface area contributed by atoms with E-state index in [-0.39, 0.29) is 18.1 Å². The van der Waals surface area contributed by atoms with Crippen molar-refractivity contribution >= 4 is 16.9 Å². The summed E-state index contributed by atoms with van der Waals surface area (Å²) in [5, 5.41) is 11.1. The van der Waals surface area contributed by atoms with Crippen molar-refractivity contribution in [2.45, 2.75) is 57.8 Å². The van der Waals surface area contributed by atoms with Crippen molar-refractivity contribution in [3.63, 3.8) is 0 Å². The fourth-order valence-corrected chi connectivity index (χ4v) is 3.74. The van der Waals surface area contributed by atoms with Crippen molar-refractivity contribution < 1.29 is 13.9 Å². The van der Waals surface area contributed by atoms with E-state index in [0.29, 0.717) is 23.1 Å².